The minimum Gasteiger partial charge on any atom is -0.480 e. The number of nitrogens with one attached hydrogen (secondary N) is 3. The van der Waals surface area contributed by atoms with Crippen LogP contribution in [0.1, 0.15) is 34.3 Å². The minimum atomic E-state index is -1.01. The number of carbonyl (C=O) groups is 2. The summed E-state index contributed by atoms with van der Waals surface area (Å²) in [6.07, 6.45) is 4.84. The molecule has 0 aliphatic carbocycles. The lowest BCUT2D eigenvalue weighted by Crippen LogP contribution is -2.41. The predicted molar refractivity (Wildman–Crippen MR) is 140 cm³/mol. The zero-order valence-corrected chi connectivity index (χ0v) is 20.6. The van der Waals surface area contributed by atoms with Crippen molar-refractivity contribution in [1.82, 2.24) is 10.6 Å². The highest BCUT2D eigenvalue weighted by Crippen LogP contribution is 2.20. The van der Waals surface area contributed by atoms with Crippen molar-refractivity contribution in [1.29, 1.82) is 0 Å². The van der Waals surface area contributed by atoms with Crippen molar-refractivity contribution in [2.24, 2.45) is 0 Å². The molecule has 1 saturated heterocycles. The van der Waals surface area contributed by atoms with Crippen LogP contribution in [0.3, 0.4) is 0 Å². The number of hydrogen-bond donors (Lipinski definition) is 5. The van der Waals surface area contributed by atoms with E-state index in [2.05, 4.69) is 40.7 Å². The molecule has 2 aromatic rings. The molecule has 0 radical (unpaired) electrons. The summed E-state index contributed by atoms with van der Waals surface area (Å²) < 4.78 is 0. The molecule has 1 fully saturated rings. The van der Waals surface area contributed by atoms with Gasteiger partial charge in [-0.3, -0.25) is 4.79 Å². The van der Waals surface area contributed by atoms with E-state index >= 15 is 0 Å². The molecule has 1 heterocycles. The number of benzene rings is 2. The van der Waals surface area contributed by atoms with E-state index in [4.69, 9.17) is 0 Å². The lowest BCUT2D eigenvalue weighted by molar-refractivity contribution is -0.139. The number of rotatable bonds is 12. The number of carbonyl (C=O) groups excluding carboxylic acids is 1. The lowest BCUT2D eigenvalue weighted by Gasteiger charge is -2.19. The zero-order chi connectivity index (χ0) is 23.6. The second-order valence-electron chi connectivity index (χ2n) is 8.30. The minimum absolute atomic E-state index is 0.270. The molecule has 3 rings (SSSR count). The number of aliphatic carboxylic acids is 1. The zero-order valence-electron chi connectivity index (χ0n) is 18.9. The van der Waals surface area contributed by atoms with Crippen LogP contribution >= 0.6 is 24.4 Å². The highest BCUT2D eigenvalue weighted by atomic mass is 32.2. The molecule has 178 valence electrons. The molecule has 1 aliphatic heterocycles. The van der Waals surface area contributed by atoms with Crippen molar-refractivity contribution in [3.05, 3.63) is 65.2 Å². The van der Waals surface area contributed by atoms with Gasteiger partial charge in [-0.05, 0) is 67.5 Å². The summed E-state index contributed by atoms with van der Waals surface area (Å²) in [5.74, 6) is -0.690. The molecular weight excluding hydrogens is 454 g/mol. The largest absolute Gasteiger partial charge is 0.480 e. The Kier molecular flexibility index (Phi) is 9.96. The fraction of sp³-hybridized carbons (Fsp3) is 0.440. The third-order valence-electron chi connectivity index (χ3n) is 5.93. The average molecular weight is 488 g/mol. The highest BCUT2D eigenvalue weighted by molar-refractivity contribution is 7.98. The van der Waals surface area contributed by atoms with Gasteiger partial charge in [0.2, 0.25) is 0 Å². The van der Waals surface area contributed by atoms with Crippen molar-refractivity contribution in [3.8, 4) is 0 Å². The molecule has 0 unspecified atom stereocenters. The Hall–Kier alpha value is -2.16. The normalized spacial score (nSPS) is 18.6. The molecule has 8 heteroatoms. The molecule has 0 aromatic heterocycles. The van der Waals surface area contributed by atoms with Crippen LogP contribution in [0, 0.1) is 0 Å². The summed E-state index contributed by atoms with van der Waals surface area (Å²) in [6.45, 7) is 1.67. The summed E-state index contributed by atoms with van der Waals surface area (Å²) in [5, 5.41) is 19.4. The Bertz CT molecular complexity index is 926. The van der Waals surface area contributed by atoms with Gasteiger partial charge in [-0.15, -0.1) is 0 Å². The summed E-state index contributed by atoms with van der Waals surface area (Å²) in [7, 11) is 0. The molecule has 4 N–H and O–H groups in total. The topological polar surface area (TPSA) is 90.5 Å². The van der Waals surface area contributed by atoms with Gasteiger partial charge in [-0.25, -0.2) is 4.79 Å². The maximum Gasteiger partial charge on any atom is 0.326 e. The predicted octanol–water partition coefficient (Wildman–Crippen LogP) is 3.48. The standard InChI is InChI=1S/C25H33N3O3S2/c1-33-14-12-21(25(30)31)28-24(29)20-15-19(27-16-22-23(32)11-13-26-22)10-9-18(20)8-7-17-5-3-2-4-6-17/h2-6,9-10,15,21-23,26-27,32H,7-8,11-14,16H2,1H3,(H,28,29)(H,30,31)/t21-,22+,23+/m0/s1. The third kappa shape index (κ3) is 7.69. The van der Waals surface area contributed by atoms with E-state index in [1.807, 2.05) is 42.7 Å². The number of anilines is 1. The lowest BCUT2D eigenvalue weighted by atomic mass is 9.98. The fourth-order valence-electron chi connectivity index (χ4n) is 3.96. The van der Waals surface area contributed by atoms with Crippen LogP contribution in [0.5, 0.6) is 0 Å². The Morgan fingerprint density at radius 1 is 1.21 bits per heavy atom. The SMILES string of the molecule is CSCC[C@H](NC(=O)c1cc(NC[C@H]2NCC[C@H]2S)ccc1CCc1ccccc1)C(=O)O. The molecule has 33 heavy (non-hydrogen) atoms. The molecule has 1 amide bonds. The molecule has 0 spiro atoms. The Balaban J connectivity index is 1.77. The van der Waals surface area contributed by atoms with Gasteiger partial charge in [0.15, 0.2) is 0 Å². The number of amides is 1. The van der Waals surface area contributed by atoms with Gasteiger partial charge < -0.3 is 21.1 Å². The van der Waals surface area contributed by atoms with Gasteiger partial charge in [0, 0.05) is 29.1 Å². The monoisotopic (exact) mass is 487 g/mol. The molecule has 0 bridgehead atoms. The molecule has 1 aliphatic rings. The first-order valence-corrected chi connectivity index (χ1v) is 13.2. The second kappa shape index (κ2) is 12.9. The van der Waals surface area contributed by atoms with E-state index in [1.165, 1.54) is 5.56 Å². The Labute approximate surface area is 205 Å². The third-order valence-corrected chi connectivity index (χ3v) is 7.19. The van der Waals surface area contributed by atoms with Gasteiger partial charge in [-0.1, -0.05) is 36.4 Å². The van der Waals surface area contributed by atoms with E-state index in [0.717, 1.165) is 30.6 Å². The quantitative estimate of drug-likeness (QED) is 0.295. The molecule has 2 aromatic carbocycles. The van der Waals surface area contributed by atoms with Crippen LogP contribution in [-0.2, 0) is 17.6 Å². The van der Waals surface area contributed by atoms with E-state index in [-0.39, 0.29) is 11.9 Å². The van der Waals surface area contributed by atoms with E-state index in [9.17, 15) is 14.7 Å². The number of aryl methyl sites for hydroxylation is 2. The van der Waals surface area contributed by atoms with Crippen molar-refractivity contribution in [2.45, 2.75) is 43.0 Å². The maximum absolute atomic E-state index is 13.2. The summed E-state index contributed by atoms with van der Waals surface area (Å²) >= 11 is 6.19. The van der Waals surface area contributed by atoms with Crippen LogP contribution < -0.4 is 16.0 Å². The summed E-state index contributed by atoms with van der Waals surface area (Å²) in [4.78, 5) is 24.9. The first kappa shape index (κ1) is 25.5. The van der Waals surface area contributed by atoms with Crippen molar-refractivity contribution in [2.75, 3.05) is 30.4 Å². The van der Waals surface area contributed by atoms with Crippen LogP contribution in [0.4, 0.5) is 5.69 Å². The molecular formula is C25H33N3O3S2. The number of hydrogen-bond acceptors (Lipinski definition) is 6. The van der Waals surface area contributed by atoms with Crippen LogP contribution in [0.2, 0.25) is 0 Å². The summed E-state index contributed by atoms with van der Waals surface area (Å²) in [5.41, 5.74) is 3.46. The van der Waals surface area contributed by atoms with Crippen LogP contribution in [0.15, 0.2) is 48.5 Å². The maximum atomic E-state index is 13.2. The van der Waals surface area contributed by atoms with Crippen molar-refractivity contribution >= 4 is 42.0 Å². The molecule has 6 nitrogen and oxygen atoms in total. The molecule has 3 atom stereocenters. The number of thioether (sulfide) groups is 1. The second-order valence-corrected chi connectivity index (χ2v) is 9.95. The first-order chi connectivity index (χ1) is 16.0. The average Bonchev–Trinajstić information content (AvgIpc) is 3.24. The highest BCUT2D eigenvalue weighted by Gasteiger charge is 2.24. The van der Waals surface area contributed by atoms with E-state index in [1.54, 1.807) is 11.8 Å². The van der Waals surface area contributed by atoms with Crippen molar-refractivity contribution < 1.29 is 14.7 Å². The smallest absolute Gasteiger partial charge is 0.326 e. The van der Waals surface area contributed by atoms with Gasteiger partial charge >= 0.3 is 5.97 Å². The van der Waals surface area contributed by atoms with E-state index in [0.29, 0.717) is 36.0 Å². The summed E-state index contributed by atoms with van der Waals surface area (Å²) in [6, 6.07) is 15.3. The molecule has 0 saturated carbocycles. The Morgan fingerprint density at radius 3 is 2.67 bits per heavy atom. The van der Waals surface area contributed by atoms with Gasteiger partial charge in [0.05, 0.1) is 0 Å². The number of thiol groups is 1. The van der Waals surface area contributed by atoms with Crippen LogP contribution in [0.25, 0.3) is 0 Å². The number of carboxylic acid groups (broad SMARTS) is 1. The Morgan fingerprint density at radius 2 is 2.00 bits per heavy atom. The first-order valence-electron chi connectivity index (χ1n) is 11.3. The van der Waals surface area contributed by atoms with Gasteiger partial charge in [-0.2, -0.15) is 24.4 Å². The van der Waals surface area contributed by atoms with Crippen molar-refractivity contribution in [3.63, 3.8) is 0 Å². The fourth-order valence-corrected chi connectivity index (χ4v) is 4.77. The van der Waals surface area contributed by atoms with E-state index < -0.39 is 12.0 Å². The van der Waals surface area contributed by atoms with Gasteiger partial charge in [0.1, 0.15) is 6.04 Å². The van der Waals surface area contributed by atoms with Gasteiger partial charge in [0.25, 0.3) is 5.91 Å². The number of carboxylic acids is 1. The van der Waals surface area contributed by atoms with Crippen LogP contribution in [-0.4, -0.2) is 59.4 Å².